The number of pyridine rings is 1. The molecule has 8 nitrogen and oxygen atoms in total. The molecule has 0 N–H and O–H groups in total. The van der Waals surface area contributed by atoms with Crippen LogP contribution in [0.1, 0.15) is 33.3 Å². The number of aryl methyl sites for hydroxylation is 1. The van der Waals surface area contributed by atoms with Crippen LogP contribution in [-0.2, 0) is 16.1 Å². The minimum Gasteiger partial charge on any atom is -0.463 e. The number of nitrogens with zero attached hydrogens (tertiary/aromatic N) is 3. The lowest BCUT2D eigenvalue weighted by Gasteiger charge is -2.11. The van der Waals surface area contributed by atoms with Crippen molar-refractivity contribution in [1.82, 2.24) is 14.5 Å². The predicted molar refractivity (Wildman–Crippen MR) is 132 cm³/mol. The Hall–Kier alpha value is -4.11. The fourth-order valence-electron chi connectivity index (χ4n) is 4.14. The highest BCUT2D eigenvalue weighted by molar-refractivity contribution is 8.18. The summed E-state index contributed by atoms with van der Waals surface area (Å²) in [6.45, 7) is 3.91. The van der Waals surface area contributed by atoms with Crippen LogP contribution in [0.15, 0.2) is 64.1 Å². The van der Waals surface area contributed by atoms with Gasteiger partial charge in [-0.25, -0.2) is 4.79 Å². The van der Waals surface area contributed by atoms with Crippen molar-refractivity contribution in [3.8, 4) is 5.69 Å². The van der Waals surface area contributed by atoms with Gasteiger partial charge in [0.1, 0.15) is 5.76 Å². The summed E-state index contributed by atoms with van der Waals surface area (Å²) in [6, 6.07) is 15.0. The van der Waals surface area contributed by atoms with E-state index in [0.29, 0.717) is 10.7 Å². The molecule has 0 saturated carbocycles. The molecule has 0 bridgehead atoms. The molecule has 1 saturated heterocycles. The summed E-state index contributed by atoms with van der Waals surface area (Å²) >= 11 is 0.883. The number of carbonyl (C=O) groups is 3. The Morgan fingerprint density at radius 3 is 2.77 bits per heavy atom. The number of hydrogen-bond acceptors (Lipinski definition) is 7. The zero-order chi connectivity index (χ0) is 24.7. The molecule has 5 rings (SSSR count). The van der Waals surface area contributed by atoms with Crippen molar-refractivity contribution in [1.29, 1.82) is 0 Å². The third kappa shape index (κ3) is 4.15. The van der Waals surface area contributed by atoms with Crippen LogP contribution >= 0.6 is 11.8 Å². The lowest BCUT2D eigenvalue weighted by Crippen LogP contribution is -2.27. The highest BCUT2D eigenvalue weighted by Gasteiger charge is 2.36. The third-order valence-electron chi connectivity index (χ3n) is 5.84. The number of benzene rings is 1. The molecule has 4 aromatic rings. The number of imide groups is 1. The second-order valence-electron chi connectivity index (χ2n) is 8.07. The van der Waals surface area contributed by atoms with E-state index < -0.39 is 17.1 Å². The highest BCUT2D eigenvalue weighted by Crippen LogP contribution is 2.35. The summed E-state index contributed by atoms with van der Waals surface area (Å²) in [5, 5.41) is 0.640. The molecule has 4 heterocycles. The van der Waals surface area contributed by atoms with Gasteiger partial charge in [0.05, 0.1) is 24.1 Å². The number of aromatic nitrogens is 2. The van der Waals surface area contributed by atoms with Gasteiger partial charge in [-0.05, 0) is 79.7 Å². The van der Waals surface area contributed by atoms with Crippen LogP contribution in [0.3, 0.4) is 0 Å². The smallest absolute Gasteiger partial charge is 0.373 e. The van der Waals surface area contributed by atoms with Gasteiger partial charge in [0.2, 0.25) is 5.76 Å². The van der Waals surface area contributed by atoms with E-state index in [-0.39, 0.29) is 12.3 Å². The summed E-state index contributed by atoms with van der Waals surface area (Å²) in [5.41, 5.74) is 4.72. The Kier molecular flexibility index (Phi) is 5.78. The minimum absolute atomic E-state index is 0.0157. The van der Waals surface area contributed by atoms with Gasteiger partial charge in [0, 0.05) is 28.7 Å². The molecular weight excluding hydrogens is 466 g/mol. The number of fused-ring (bicyclic) bond motifs is 1. The maximum Gasteiger partial charge on any atom is 0.373 e. The molecule has 0 unspecified atom stereocenters. The van der Waals surface area contributed by atoms with E-state index >= 15 is 0 Å². The van der Waals surface area contributed by atoms with E-state index in [2.05, 4.69) is 20.4 Å². The molecule has 1 aliphatic heterocycles. The van der Waals surface area contributed by atoms with E-state index in [1.54, 1.807) is 18.3 Å². The van der Waals surface area contributed by atoms with Crippen LogP contribution in [0, 0.1) is 13.8 Å². The average molecular weight is 488 g/mol. The Morgan fingerprint density at radius 1 is 1.14 bits per heavy atom. The average Bonchev–Trinajstić information content (AvgIpc) is 3.51. The maximum atomic E-state index is 13.0. The Bertz CT molecular complexity index is 1530. The third-order valence-corrected chi connectivity index (χ3v) is 6.74. The first kappa shape index (κ1) is 22.7. The number of methoxy groups -OCH3 is 1. The van der Waals surface area contributed by atoms with Crippen LogP contribution in [0.25, 0.3) is 22.7 Å². The molecule has 176 valence electrons. The molecule has 3 aromatic heterocycles. The Balaban J connectivity index is 1.41. The molecule has 1 aliphatic rings. The predicted octanol–water partition coefficient (Wildman–Crippen LogP) is 5.26. The van der Waals surface area contributed by atoms with Gasteiger partial charge < -0.3 is 13.7 Å². The molecule has 0 radical (unpaired) electrons. The van der Waals surface area contributed by atoms with Crippen LogP contribution in [0.5, 0.6) is 0 Å². The van der Waals surface area contributed by atoms with E-state index in [1.807, 2.05) is 44.2 Å². The van der Waals surface area contributed by atoms with Gasteiger partial charge in [-0.2, -0.15) is 0 Å². The fraction of sp³-hybridized carbons (Fsp3) is 0.154. The van der Waals surface area contributed by atoms with Crippen LogP contribution in [-0.4, -0.2) is 38.7 Å². The summed E-state index contributed by atoms with van der Waals surface area (Å²) in [6.07, 6.45) is 3.51. The van der Waals surface area contributed by atoms with Crippen LogP contribution in [0.2, 0.25) is 0 Å². The first-order valence-corrected chi connectivity index (χ1v) is 11.6. The minimum atomic E-state index is -0.622. The van der Waals surface area contributed by atoms with Gasteiger partial charge >= 0.3 is 5.97 Å². The van der Waals surface area contributed by atoms with Gasteiger partial charge in [0.25, 0.3) is 11.1 Å². The van der Waals surface area contributed by atoms with E-state index in [0.717, 1.165) is 50.2 Å². The Labute approximate surface area is 205 Å². The molecule has 1 fully saturated rings. The largest absolute Gasteiger partial charge is 0.463 e. The quantitative estimate of drug-likeness (QED) is 0.280. The zero-order valence-electron chi connectivity index (χ0n) is 19.3. The van der Waals surface area contributed by atoms with Crippen molar-refractivity contribution in [2.24, 2.45) is 0 Å². The number of amides is 2. The first-order chi connectivity index (χ1) is 16.9. The van der Waals surface area contributed by atoms with Crippen molar-refractivity contribution >= 4 is 45.9 Å². The summed E-state index contributed by atoms with van der Waals surface area (Å²) in [5.74, 6) is -0.694. The second-order valence-corrected chi connectivity index (χ2v) is 9.06. The summed E-state index contributed by atoms with van der Waals surface area (Å²) < 4.78 is 12.1. The molecule has 9 heteroatoms. The maximum absolute atomic E-state index is 13.0. The zero-order valence-corrected chi connectivity index (χ0v) is 20.1. The summed E-state index contributed by atoms with van der Waals surface area (Å²) in [7, 11) is 1.25. The molecule has 0 atom stereocenters. The molecule has 1 aromatic carbocycles. The number of thioether (sulfide) groups is 1. The van der Waals surface area contributed by atoms with Crippen molar-refractivity contribution in [3.63, 3.8) is 0 Å². The number of esters is 1. The number of furan rings is 1. The number of ether oxygens (including phenoxy) is 1. The fourth-order valence-corrected chi connectivity index (χ4v) is 4.97. The lowest BCUT2D eigenvalue weighted by atomic mass is 10.2. The second kappa shape index (κ2) is 8.92. The van der Waals surface area contributed by atoms with Crippen molar-refractivity contribution in [2.45, 2.75) is 20.4 Å². The number of carbonyl (C=O) groups excluding carboxylic acids is 3. The van der Waals surface area contributed by atoms with Crippen LogP contribution < -0.4 is 0 Å². The van der Waals surface area contributed by atoms with Gasteiger partial charge in [-0.3, -0.25) is 19.5 Å². The lowest BCUT2D eigenvalue weighted by molar-refractivity contribution is -0.123. The summed E-state index contributed by atoms with van der Waals surface area (Å²) in [4.78, 5) is 43.0. The molecule has 0 spiro atoms. The standard InChI is InChI=1S/C26H21N3O5S/c1-15-11-18(16(2)29(15)19-6-8-21-17(12-19)5-4-10-27-21)13-23-24(30)28(26(32)35-23)14-20-7-9-22(34-20)25(31)33-3/h4-13H,14H2,1-3H3. The van der Waals surface area contributed by atoms with Gasteiger partial charge in [-0.1, -0.05) is 6.07 Å². The molecule has 35 heavy (non-hydrogen) atoms. The van der Waals surface area contributed by atoms with Gasteiger partial charge in [-0.15, -0.1) is 0 Å². The van der Waals surface area contributed by atoms with E-state index in [9.17, 15) is 14.4 Å². The van der Waals surface area contributed by atoms with Crippen molar-refractivity contribution < 1.29 is 23.5 Å². The van der Waals surface area contributed by atoms with Crippen molar-refractivity contribution in [3.05, 3.63) is 88.1 Å². The van der Waals surface area contributed by atoms with Crippen LogP contribution in [0.4, 0.5) is 4.79 Å². The SMILES string of the molecule is COC(=O)c1ccc(CN2C(=O)SC(=Cc3cc(C)n(-c4ccc5ncccc5c4)c3C)C2=O)o1. The normalized spacial score (nSPS) is 14.9. The molecular formula is C26H21N3O5S. The van der Waals surface area contributed by atoms with E-state index in [4.69, 9.17) is 4.42 Å². The molecule has 2 amide bonds. The van der Waals surface area contributed by atoms with E-state index in [1.165, 1.54) is 13.2 Å². The van der Waals surface area contributed by atoms with Crippen molar-refractivity contribution in [2.75, 3.05) is 7.11 Å². The monoisotopic (exact) mass is 487 g/mol. The Morgan fingerprint density at radius 2 is 1.97 bits per heavy atom. The highest BCUT2D eigenvalue weighted by atomic mass is 32.2. The molecule has 0 aliphatic carbocycles. The number of hydrogen-bond donors (Lipinski definition) is 0. The van der Waals surface area contributed by atoms with Gasteiger partial charge in [0.15, 0.2) is 0 Å². The topological polar surface area (TPSA) is 94.6 Å². The first-order valence-electron chi connectivity index (χ1n) is 10.8. The number of rotatable bonds is 5.